The molecule has 1 N–H and O–H groups in total. The summed E-state index contributed by atoms with van der Waals surface area (Å²) in [7, 11) is 1.69. The van der Waals surface area contributed by atoms with E-state index in [0.717, 1.165) is 13.0 Å². The molecule has 1 aliphatic heterocycles. The number of ether oxygens (including phenoxy) is 1. The molecule has 1 saturated heterocycles. The Morgan fingerprint density at radius 2 is 2.24 bits per heavy atom. The summed E-state index contributed by atoms with van der Waals surface area (Å²) < 4.78 is 5.46. The summed E-state index contributed by atoms with van der Waals surface area (Å²) in [6.45, 7) is 3.28. The van der Waals surface area contributed by atoms with Gasteiger partial charge in [-0.05, 0) is 24.5 Å². The first kappa shape index (κ1) is 15.6. The van der Waals surface area contributed by atoms with Crippen molar-refractivity contribution in [3.05, 3.63) is 35.4 Å². The van der Waals surface area contributed by atoms with Gasteiger partial charge < -0.3 is 14.7 Å². The fourth-order valence-electron chi connectivity index (χ4n) is 2.61. The minimum atomic E-state index is -0.213. The lowest BCUT2D eigenvalue weighted by atomic mass is 9.95. The molecule has 0 saturated carbocycles. The molecule has 4 nitrogen and oxygen atoms in total. The molecule has 0 aromatic heterocycles. The highest BCUT2D eigenvalue weighted by Crippen LogP contribution is 2.22. The van der Waals surface area contributed by atoms with Crippen molar-refractivity contribution in [1.82, 2.24) is 4.90 Å². The lowest BCUT2D eigenvalue weighted by molar-refractivity contribution is -0.00157. The molecular weight excluding hydrogens is 266 g/mol. The van der Waals surface area contributed by atoms with Gasteiger partial charge in [0.25, 0.3) is 5.91 Å². The summed E-state index contributed by atoms with van der Waals surface area (Å²) in [6.07, 6.45) is 1.02. The van der Waals surface area contributed by atoms with E-state index in [2.05, 4.69) is 18.8 Å². The van der Waals surface area contributed by atoms with Crippen LogP contribution in [-0.4, -0.2) is 48.8 Å². The highest BCUT2D eigenvalue weighted by molar-refractivity contribution is 5.96. The van der Waals surface area contributed by atoms with Crippen molar-refractivity contribution in [3.8, 4) is 11.8 Å². The lowest BCUT2D eigenvalue weighted by Crippen LogP contribution is -2.46. The molecule has 0 aliphatic carbocycles. The molecule has 21 heavy (non-hydrogen) atoms. The molecule has 1 aromatic carbocycles. The Hall–Kier alpha value is -1.83. The van der Waals surface area contributed by atoms with Crippen LogP contribution in [0.2, 0.25) is 0 Å². The number of aliphatic hydroxyl groups is 1. The third-order valence-electron chi connectivity index (χ3n) is 3.94. The molecular formula is C17H21NO3. The third kappa shape index (κ3) is 3.63. The van der Waals surface area contributed by atoms with Crippen molar-refractivity contribution in [2.75, 3.05) is 26.8 Å². The van der Waals surface area contributed by atoms with Gasteiger partial charge >= 0.3 is 0 Å². The Morgan fingerprint density at radius 1 is 1.48 bits per heavy atom. The van der Waals surface area contributed by atoms with Gasteiger partial charge in [-0.3, -0.25) is 4.79 Å². The number of likely N-dealkylation sites (tertiary alicyclic amines) is 1. The molecule has 4 heteroatoms. The van der Waals surface area contributed by atoms with Gasteiger partial charge in [-0.15, -0.1) is 0 Å². The van der Waals surface area contributed by atoms with Gasteiger partial charge in [0.05, 0.1) is 11.7 Å². The molecule has 2 atom stereocenters. The van der Waals surface area contributed by atoms with Crippen LogP contribution in [0.5, 0.6) is 0 Å². The van der Waals surface area contributed by atoms with Crippen LogP contribution in [0.3, 0.4) is 0 Å². The van der Waals surface area contributed by atoms with Gasteiger partial charge in [0, 0.05) is 25.8 Å². The molecule has 2 rings (SSSR count). The highest BCUT2D eigenvalue weighted by Gasteiger charge is 2.29. The summed E-state index contributed by atoms with van der Waals surface area (Å²) >= 11 is 0. The minimum absolute atomic E-state index is 0.0215. The number of benzene rings is 1. The number of amides is 1. The Bertz CT molecular complexity index is 559. The second-order valence-corrected chi connectivity index (χ2v) is 5.30. The first-order chi connectivity index (χ1) is 10.2. The monoisotopic (exact) mass is 287 g/mol. The molecule has 1 amide bonds. The number of rotatable bonds is 2. The van der Waals surface area contributed by atoms with Crippen LogP contribution < -0.4 is 0 Å². The molecule has 112 valence electrons. The molecule has 0 bridgehead atoms. The normalized spacial score (nSPS) is 21.6. The zero-order valence-corrected chi connectivity index (χ0v) is 12.5. The number of carbonyl (C=O) groups excluding carboxylic acids is 1. The second-order valence-electron chi connectivity index (χ2n) is 5.30. The van der Waals surface area contributed by atoms with Crippen molar-refractivity contribution in [2.24, 2.45) is 5.92 Å². The van der Waals surface area contributed by atoms with Gasteiger partial charge in [-0.2, -0.15) is 0 Å². The Labute approximate surface area is 125 Å². The van der Waals surface area contributed by atoms with Crippen molar-refractivity contribution in [2.45, 2.75) is 19.4 Å². The van der Waals surface area contributed by atoms with E-state index in [0.29, 0.717) is 23.6 Å². The summed E-state index contributed by atoms with van der Waals surface area (Å²) in [4.78, 5) is 14.5. The van der Waals surface area contributed by atoms with Crippen LogP contribution >= 0.6 is 0 Å². The predicted octanol–water partition coefficient (Wildman–Crippen LogP) is 1.53. The highest BCUT2D eigenvalue weighted by atomic mass is 16.5. The van der Waals surface area contributed by atoms with Crippen molar-refractivity contribution < 1.29 is 14.6 Å². The molecule has 1 aromatic rings. The molecule has 1 aliphatic rings. The largest absolute Gasteiger partial charge is 0.384 e. The van der Waals surface area contributed by atoms with E-state index < -0.39 is 0 Å². The molecule has 0 radical (unpaired) electrons. The van der Waals surface area contributed by atoms with Crippen LogP contribution in [0.25, 0.3) is 0 Å². The van der Waals surface area contributed by atoms with Gasteiger partial charge in [-0.1, -0.05) is 30.9 Å². The first-order valence-electron chi connectivity index (χ1n) is 7.18. The maximum absolute atomic E-state index is 12.7. The van der Waals surface area contributed by atoms with E-state index in [9.17, 15) is 4.79 Å². The minimum Gasteiger partial charge on any atom is -0.384 e. The maximum atomic E-state index is 12.7. The van der Waals surface area contributed by atoms with Crippen LogP contribution in [0, 0.1) is 17.8 Å². The summed E-state index contributed by atoms with van der Waals surface area (Å²) in [5.41, 5.74) is 1.24. The van der Waals surface area contributed by atoms with E-state index in [1.165, 1.54) is 0 Å². The number of methoxy groups -OCH3 is 1. The Balaban J connectivity index is 2.20. The fraction of sp³-hybridized carbons (Fsp3) is 0.471. The average molecular weight is 287 g/mol. The number of aliphatic hydroxyl groups excluding tert-OH is 1. The van der Waals surface area contributed by atoms with Crippen molar-refractivity contribution in [3.63, 3.8) is 0 Å². The smallest absolute Gasteiger partial charge is 0.255 e. The van der Waals surface area contributed by atoms with Gasteiger partial charge in [-0.25, -0.2) is 0 Å². The van der Waals surface area contributed by atoms with Gasteiger partial charge in [0.2, 0.25) is 0 Å². The van der Waals surface area contributed by atoms with Crippen LogP contribution in [0.4, 0.5) is 0 Å². The zero-order valence-electron chi connectivity index (χ0n) is 12.5. The topological polar surface area (TPSA) is 49.8 Å². The van der Waals surface area contributed by atoms with Crippen molar-refractivity contribution in [1.29, 1.82) is 0 Å². The summed E-state index contributed by atoms with van der Waals surface area (Å²) in [6, 6.07) is 7.26. The first-order valence-corrected chi connectivity index (χ1v) is 7.18. The number of carbonyl (C=O) groups is 1. The quantitative estimate of drug-likeness (QED) is 0.839. The van der Waals surface area contributed by atoms with Crippen LogP contribution in [0.15, 0.2) is 24.3 Å². The number of hydrogen-bond donors (Lipinski definition) is 1. The number of nitrogens with zero attached hydrogens (tertiary/aromatic N) is 1. The third-order valence-corrected chi connectivity index (χ3v) is 3.94. The van der Waals surface area contributed by atoms with E-state index >= 15 is 0 Å². The predicted molar refractivity (Wildman–Crippen MR) is 80.9 cm³/mol. The molecule has 1 fully saturated rings. The Morgan fingerprint density at radius 3 is 2.95 bits per heavy atom. The number of hydrogen-bond acceptors (Lipinski definition) is 3. The lowest BCUT2D eigenvalue weighted by Gasteiger charge is -2.36. The second kappa shape index (κ2) is 7.26. The standard InChI is InChI=1S/C17H21NO3/c1-13-9-10-18(12-16(13)21-2)17(20)15-8-4-3-6-14(15)7-5-11-19/h3-4,6,8,13,16,19H,9-12H2,1-2H3. The van der Waals surface area contributed by atoms with E-state index in [1.54, 1.807) is 19.2 Å². The molecule has 1 heterocycles. The van der Waals surface area contributed by atoms with E-state index in [-0.39, 0.29) is 18.6 Å². The summed E-state index contributed by atoms with van der Waals surface area (Å²) in [5, 5.41) is 8.82. The van der Waals surface area contributed by atoms with Gasteiger partial charge in [0.15, 0.2) is 0 Å². The number of piperidine rings is 1. The van der Waals surface area contributed by atoms with Crippen LogP contribution in [0.1, 0.15) is 29.3 Å². The molecule has 2 unspecified atom stereocenters. The van der Waals surface area contributed by atoms with Gasteiger partial charge in [0.1, 0.15) is 6.61 Å². The van der Waals surface area contributed by atoms with Crippen molar-refractivity contribution >= 4 is 5.91 Å². The van der Waals surface area contributed by atoms with Crippen LogP contribution in [-0.2, 0) is 4.74 Å². The average Bonchev–Trinajstić information content (AvgIpc) is 2.53. The zero-order chi connectivity index (χ0) is 15.2. The SMILES string of the molecule is COC1CN(C(=O)c2ccccc2C#CCO)CCC1C. The van der Waals surface area contributed by atoms with E-state index in [1.807, 2.05) is 17.0 Å². The Kier molecular flexibility index (Phi) is 5.38. The fourth-order valence-corrected chi connectivity index (χ4v) is 2.61. The maximum Gasteiger partial charge on any atom is 0.255 e. The van der Waals surface area contributed by atoms with E-state index in [4.69, 9.17) is 9.84 Å². The molecule has 0 spiro atoms. The summed E-state index contributed by atoms with van der Waals surface area (Å²) in [5.74, 6) is 5.88.